The highest BCUT2D eigenvalue weighted by molar-refractivity contribution is 5.93. The third-order valence-corrected chi connectivity index (χ3v) is 4.40. The predicted octanol–water partition coefficient (Wildman–Crippen LogP) is 2.57. The molecular weight excluding hydrogens is 328 g/mol. The minimum absolute atomic E-state index is 0.162. The van der Waals surface area contributed by atoms with Gasteiger partial charge in [0.15, 0.2) is 0 Å². The number of aromatic nitrogens is 4. The second kappa shape index (κ2) is 6.84. The highest BCUT2D eigenvalue weighted by Gasteiger charge is 2.19. The van der Waals surface area contributed by atoms with Gasteiger partial charge in [-0.1, -0.05) is 12.1 Å². The van der Waals surface area contributed by atoms with E-state index in [4.69, 9.17) is 5.26 Å². The zero-order valence-electron chi connectivity index (χ0n) is 15.2. The van der Waals surface area contributed by atoms with Crippen LogP contribution in [0.4, 0.5) is 0 Å². The van der Waals surface area contributed by atoms with Crippen molar-refractivity contribution in [2.75, 3.05) is 7.05 Å². The number of aryl methyl sites for hydroxylation is 2. The van der Waals surface area contributed by atoms with Gasteiger partial charge < -0.3 is 4.90 Å². The van der Waals surface area contributed by atoms with E-state index in [1.807, 2.05) is 33.0 Å². The van der Waals surface area contributed by atoms with Gasteiger partial charge in [0.2, 0.25) is 0 Å². The summed E-state index contributed by atoms with van der Waals surface area (Å²) in [5.74, 6) is -0.162. The molecule has 2 heterocycles. The zero-order valence-corrected chi connectivity index (χ0v) is 15.2. The van der Waals surface area contributed by atoms with Crippen molar-refractivity contribution in [3.63, 3.8) is 0 Å². The van der Waals surface area contributed by atoms with E-state index >= 15 is 0 Å². The largest absolute Gasteiger partial charge is 0.336 e. The van der Waals surface area contributed by atoms with Crippen LogP contribution in [0.25, 0.3) is 11.3 Å². The van der Waals surface area contributed by atoms with Gasteiger partial charge >= 0.3 is 0 Å². The average Bonchev–Trinajstić information content (AvgIpc) is 3.19. The van der Waals surface area contributed by atoms with Crippen LogP contribution in [0.2, 0.25) is 0 Å². The number of hydrogen-bond donors (Lipinski definition) is 1. The summed E-state index contributed by atoms with van der Waals surface area (Å²) in [6.45, 7) is 4.31. The molecular formula is C19H20N6O. The average molecular weight is 348 g/mol. The van der Waals surface area contributed by atoms with E-state index in [0.29, 0.717) is 23.5 Å². The van der Waals surface area contributed by atoms with Gasteiger partial charge in [-0.3, -0.25) is 14.6 Å². The van der Waals surface area contributed by atoms with E-state index in [-0.39, 0.29) is 5.91 Å². The molecule has 3 aromatic rings. The van der Waals surface area contributed by atoms with Gasteiger partial charge in [0.25, 0.3) is 5.91 Å². The fourth-order valence-electron chi connectivity index (χ4n) is 2.99. The first kappa shape index (κ1) is 17.4. The summed E-state index contributed by atoms with van der Waals surface area (Å²) in [5.41, 5.74) is 5.41. The fraction of sp³-hybridized carbons (Fsp3) is 0.263. The van der Waals surface area contributed by atoms with Crippen molar-refractivity contribution >= 4 is 5.91 Å². The first-order valence-corrected chi connectivity index (χ1v) is 8.21. The van der Waals surface area contributed by atoms with Crippen molar-refractivity contribution in [2.45, 2.75) is 20.4 Å². The van der Waals surface area contributed by atoms with Crippen molar-refractivity contribution in [3.05, 3.63) is 58.5 Å². The molecule has 1 amide bonds. The van der Waals surface area contributed by atoms with Crippen molar-refractivity contribution in [1.82, 2.24) is 24.9 Å². The molecule has 0 saturated carbocycles. The number of carbonyl (C=O) groups excluding carboxylic acids is 1. The number of aromatic amines is 1. The Labute approximate surface area is 151 Å². The molecule has 7 nitrogen and oxygen atoms in total. The third kappa shape index (κ3) is 3.22. The van der Waals surface area contributed by atoms with Crippen LogP contribution in [-0.4, -0.2) is 37.8 Å². The van der Waals surface area contributed by atoms with Crippen LogP contribution in [0.1, 0.15) is 33.0 Å². The molecule has 0 aliphatic carbocycles. The molecule has 0 unspecified atom stereocenters. The summed E-state index contributed by atoms with van der Waals surface area (Å²) in [7, 11) is 3.61. The number of rotatable bonds is 4. The van der Waals surface area contributed by atoms with Crippen molar-refractivity contribution in [3.8, 4) is 17.3 Å². The minimum atomic E-state index is -0.162. The number of nitrogens with one attached hydrogen (secondary N) is 1. The van der Waals surface area contributed by atoms with Gasteiger partial charge in [0.05, 0.1) is 23.0 Å². The lowest BCUT2D eigenvalue weighted by Gasteiger charge is -2.16. The Kier molecular flexibility index (Phi) is 4.59. The lowest BCUT2D eigenvalue weighted by atomic mass is 10.1. The van der Waals surface area contributed by atoms with Crippen LogP contribution in [0, 0.1) is 25.2 Å². The van der Waals surface area contributed by atoms with Gasteiger partial charge in [0, 0.05) is 31.9 Å². The molecule has 0 radical (unpaired) electrons. The molecule has 1 N–H and O–H groups in total. The summed E-state index contributed by atoms with van der Waals surface area (Å²) >= 11 is 0. The molecule has 3 rings (SSSR count). The monoisotopic (exact) mass is 348 g/mol. The summed E-state index contributed by atoms with van der Waals surface area (Å²) in [6, 6.07) is 11.1. The molecule has 0 aliphatic heterocycles. The van der Waals surface area contributed by atoms with Gasteiger partial charge in [-0.15, -0.1) is 0 Å². The Bertz CT molecular complexity index is 1010. The first-order valence-electron chi connectivity index (χ1n) is 8.21. The lowest BCUT2D eigenvalue weighted by Crippen LogP contribution is -2.26. The highest BCUT2D eigenvalue weighted by Crippen LogP contribution is 2.25. The van der Waals surface area contributed by atoms with Crippen LogP contribution in [-0.2, 0) is 13.6 Å². The SMILES string of the molecule is Cc1nn(C)c(C)c1-c1cc(C(=O)N(C)Cc2cccc(C#N)c2)[nH]n1. The van der Waals surface area contributed by atoms with Crippen molar-refractivity contribution in [2.24, 2.45) is 7.05 Å². The molecule has 132 valence electrons. The molecule has 26 heavy (non-hydrogen) atoms. The number of benzene rings is 1. The molecule has 7 heteroatoms. The van der Waals surface area contributed by atoms with Gasteiger partial charge in [-0.25, -0.2) is 0 Å². The number of nitriles is 1. The molecule has 0 aliphatic rings. The van der Waals surface area contributed by atoms with Gasteiger partial charge in [-0.05, 0) is 37.6 Å². The second-order valence-electron chi connectivity index (χ2n) is 6.31. The number of hydrogen-bond acceptors (Lipinski definition) is 4. The van der Waals surface area contributed by atoms with E-state index in [9.17, 15) is 4.79 Å². The standard InChI is InChI=1S/C19H20N6O/c1-12-18(13(2)25(4)23-12)16-9-17(22-21-16)19(26)24(3)11-15-7-5-6-14(8-15)10-20/h5-9H,11H2,1-4H3,(H,21,22). The molecule has 0 spiro atoms. The quantitative estimate of drug-likeness (QED) is 0.784. The minimum Gasteiger partial charge on any atom is -0.336 e. The van der Waals surface area contributed by atoms with Crippen molar-refractivity contribution in [1.29, 1.82) is 5.26 Å². The predicted molar refractivity (Wildman–Crippen MR) is 97.2 cm³/mol. The third-order valence-electron chi connectivity index (χ3n) is 4.40. The molecule has 1 aromatic carbocycles. The number of amides is 1. The second-order valence-corrected chi connectivity index (χ2v) is 6.31. The maximum atomic E-state index is 12.7. The summed E-state index contributed by atoms with van der Waals surface area (Å²) < 4.78 is 1.80. The Balaban J connectivity index is 1.80. The fourth-order valence-corrected chi connectivity index (χ4v) is 2.99. The summed E-state index contributed by atoms with van der Waals surface area (Å²) in [6.07, 6.45) is 0. The van der Waals surface area contributed by atoms with E-state index in [2.05, 4.69) is 21.4 Å². The van der Waals surface area contributed by atoms with Gasteiger partial charge in [-0.2, -0.15) is 15.5 Å². The molecule has 0 fully saturated rings. The maximum absolute atomic E-state index is 12.7. The summed E-state index contributed by atoms with van der Waals surface area (Å²) in [4.78, 5) is 14.3. The number of carbonyl (C=O) groups is 1. The Hall–Kier alpha value is -3.40. The number of nitrogens with zero attached hydrogens (tertiary/aromatic N) is 5. The van der Waals surface area contributed by atoms with Crippen molar-refractivity contribution < 1.29 is 4.79 Å². The Morgan fingerprint density at radius 3 is 2.77 bits per heavy atom. The highest BCUT2D eigenvalue weighted by atomic mass is 16.2. The number of H-pyrrole nitrogens is 1. The first-order chi connectivity index (χ1) is 12.4. The van der Waals surface area contributed by atoms with Crippen LogP contribution < -0.4 is 0 Å². The normalized spacial score (nSPS) is 10.6. The molecule has 0 saturated heterocycles. The maximum Gasteiger partial charge on any atom is 0.271 e. The van der Waals surface area contributed by atoms with E-state index in [1.165, 1.54) is 0 Å². The van der Waals surface area contributed by atoms with Crippen LogP contribution in [0.15, 0.2) is 30.3 Å². The topological polar surface area (TPSA) is 90.6 Å². The van der Waals surface area contributed by atoms with Crippen LogP contribution in [0.5, 0.6) is 0 Å². The molecule has 2 aromatic heterocycles. The lowest BCUT2D eigenvalue weighted by molar-refractivity contribution is 0.0779. The Morgan fingerprint density at radius 1 is 1.35 bits per heavy atom. The summed E-state index contributed by atoms with van der Waals surface area (Å²) in [5, 5.41) is 20.5. The molecule has 0 atom stereocenters. The van der Waals surface area contributed by atoms with E-state index < -0.39 is 0 Å². The Morgan fingerprint density at radius 2 is 2.12 bits per heavy atom. The van der Waals surface area contributed by atoms with Crippen LogP contribution >= 0.6 is 0 Å². The van der Waals surface area contributed by atoms with E-state index in [0.717, 1.165) is 22.5 Å². The smallest absolute Gasteiger partial charge is 0.271 e. The van der Waals surface area contributed by atoms with Crippen LogP contribution in [0.3, 0.4) is 0 Å². The zero-order chi connectivity index (χ0) is 18.8. The van der Waals surface area contributed by atoms with E-state index in [1.54, 1.807) is 34.8 Å². The molecule has 0 bridgehead atoms. The van der Waals surface area contributed by atoms with Gasteiger partial charge in [0.1, 0.15) is 5.69 Å².